The monoisotopic (exact) mass is 410 g/mol. The standard InChI is InChI=1S/C21H22N4O3S/c1-14(20(26)16-12-22-17-7-4-3-6-15(16)17)25(9-10-27-2)13-19-23-24-21(28-19)18-8-5-11-29-18/h3-8,11-12,14,22H,9-10,13H2,1-2H3/t14-/m0/s1. The summed E-state index contributed by atoms with van der Waals surface area (Å²) in [5.74, 6) is 1.01. The second-order valence-corrected chi connectivity index (χ2v) is 7.68. The molecule has 0 fully saturated rings. The molecule has 150 valence electrons. The molecular weight excluding hydrogens is 388 g/mol. The third-order valence-electron chi connectivity index (χ3n) is 4.90. The lowest BCUT2D eigenvalue weighted by molar-refractivity contribution is 0.0741. The Bertz CT molecular complexity index is 1090. The molecule has 0 aliphatic carbocycles. The lowest BCUT2D eigenvalue weighted by Crippen LogP contribution is -2.40. The lowest BCUT2D eigenvalue weighted by atomic mass is 10.0. The normalized spacial score (nSPS) is 12.7. The third kappa shape index (κ3) is 4.14. The number of rotatable bonds is 9. The number of carbonyl (C=O) groups is 1. The quantitative estimate of drug-likeness (QED) is 0.420. The van der Waals surface area contributed by atoms with Crippen molar-refractivity contribution in [2.24, 2.45) is 0 Å². The molecule has 0 aliphatic rings. The molecule has 1 atom stereocenters. The van der Waals surface area contributed by atoms with Gasteiger partial charge in [0.25, 0.3) is 5.89 Å². The first-order valence-electron chi connectivity index (χ1n) is 9.37. The summed E-state index contributed by atoms with van der Waals surface area (Å²) >= 11 is 1.55. The summed E-state index contributed by atoms with van der Waals surface area (Å²) in [6.45, 7) is 3.34. The molecule has 0 bridgehead atoms. The van der Waals surface area contributed by atoms with Gasteiger partial charge in [-0.1, -0.05) is 24.3 Å². The van der Waals surface area contributed by atoms with Crippen molar-refractivity contribution in [2.45, 2.75) is 19.5 Å². The number of nitrogens with one attached hydrogen (secondary N) is 1. The summed E-state index contributed by atoms with van der Waals surface area (Å²) in [7, 11) is 1.64. The molecule has 29 heavy (non-hydrogen) atoms. The van der Waals surface area contributed by atoms with Crippen molar-refractivity contribution in [2.75, 3.05) is 20.3 Å². The third-order valence-corrected chi connectivity index (χ3v) is 5.76. The van der Waals surface area contributed by atoms with Gasteiger partial charge in [0.05, 0.1) is 24.1 Å². The second kappa shape index (κ2) is 8.69. The number of aromatic amines is 1. The average Bonchev–Trinajstić information content (AvgIpc) is 3.50. The molecule has 3 heterocycles. The number of methoxy groups -OCH3 is 1. The molecule has 0 saturated carbocycles. The number of fused-ring (bicyclic) bond motifs is 1. The Balaban J connectivity index is 1.55. The van der Waals surface area contributed by atoms with Gasteiger partial charge in [-0.25, -0.2) is 0 Å². The zero-order valence-corrected chi connectivity index (χ0v) is 17.1. The highest BCUT2D eigenvalue weighted by molar-refractivity contribution is 7.13. The number of Topliss-reactive ketones (excluding diaryl/α,β-unsaturated/α-hetero) is 1. The molecule has 1 N–H and O–H groups in total. The number of ketones is 1. The fraction of sp³-hybridized carbons (Fsp3) is 0.286. The van der Waals surface area contributed by atoms with E-state index in [0.717, 1.165) is 15.8 Å². The van der Waals surface area contributed by atoms with Crippen LogP contribution >= 0.6 is 11.3 Å². The molecule has 4 aromatic rings. The van der Waals surface area contributed by atoms with Crippen LogP contribution in [0.15, 0.2) is 52.4 Å². The molecule has 0 saturated heterocycles. The van der Waals surface area contributed by atoms with Crippen LogP contribution in [0.1, 0.15) is 23.2 Å². The smallest absolute Gasteiger partial charge is 0.257 e. The van der Waals surface area contributed by atoms with Crippen LogP contribution in [0.25, 0.3) is 21.7 Å². The molecule has 7 nitrogen and oxygen atoms in total. The van der Waals surface area contributed by atoms with Gasteiger partial charge in [-0.3, -0.25) is 9.69 Å². The van der Waals surface area contributed by atoms with E-state index in [1.54, 1.807) is 24.6 Å². The molecule has 3 aromatic heterocycles. The van der Waals surface area contributed by atoms with Crippen molar-refractivity contribution in [3.05, 3.63) is 59.4 Å². The van der Waals surface area contributed by atoms with Gasteiger partial charge in [0, 0.05) is 36.3 Å². The Morgan fingerprint density at radius 3 is 2.93 bits per heavy atom. The van der Waals surface area contributed by atoms with Crippen LogP contribution in [0, 0.1) is 0 Å². The summed E-state index contributed by atoms with van der Waals surface area (Å²) in [5.41, 5.74) is 1.63. The van der Waals surface area contributed by atoms with Crippen LogP contribution in [0.3, 0.4) is 0 Å². The van der Waals surface area contributed by atoms with E-state index in [1.807, 2.05) is 53.6 Å². The van der Waals surface area contributed by atoms with Crippen molar-refractivity contribution in [3.8, 4) is 10.8 Å². The topological polar surface area (TPSA) is 84.2 Å². The Hall–Kier alpha value is -2.81. The van der Waals surface area contributed by atoms with Crippen LogP contribution in [0.2, 0.25) is 0 Å². The minimum absolute atomic E-state index is 0.0385. The molecule has 0 aliphatic heterocycles. The number of ether oxygens (including phenoxy) is 1. The molecule has 8 heteroatoms. The summed E-state index contributed by atoms with van der Waals surface area (Å²) in [4.78, 5) is 19.3. The molecule has 0 spiro atoms. The summed E-state index contributed by atoms with van der Waals surface area (Å²) in [6.07, 6.45) is 1.78. The largest absolute Gasteiger partial charge is 0.419 e. The number of hydrogen-bond acceptors (Lipinski definition) is 7. The van der Waals surface area contributed by atoms with Gasteiger partial charge in [-0.05, 0) is 24.4 Å². The SMILES string of the molecule is COCCN(Cc1nnc(-c2cccs2)o1)[C@@H](C)C(=O)c1c[nH]c2ccccc12. The van der Waals surface area contributed by atoms with E-state index >= 15 is 0 Å². The first-order chi connectivity index (χ1) is 14.2. The molecule has 0 amide bonds. The molecule has 0 unspecified atom stereocenters. The van der Waals surface area contributed by atoms with E-state index in [0.29, 0.717) is 37.0 Å². The van der Waals surface area contributed by atoms with Crippen molar-refractivity contribution in [1.82, 2.24) is 20.1 Å². The van der Waals surface area contributed by atoms with Crippen molar-refractivity contribution < 1.29 is 13.9 Å². The van der Waals surface area contributed by atoms with Crippen LogP contribution in [0.5, 0.6) is 0 Å². The van der Waals surface area contributed by atoms with Gasteiger partial charge in [0.2, 0.25) is 5.89 Å². The maximum Gasteiger partial charge on any atom is 0.257 e. The van der Waals surface area contributed by atoms with Gasteiger partial charge < -0.3 is 14.1 Å². The van der Waals surface area contributed by atoms with E-state index in [1.165, 1.54) is 0 Å². The maximum absolute atomic E-state index is 13.2. The number of para-hydroxylation sites is 1. The summed E-state index contributed by atoms with van der Waals surface area (Å²) in [6, 6.07) is 11.3. The fourth-order valence-corrected chi connectivity index (χ4v) is 3.92. The Kier molecular flexibility index (Phi) is 5.84. The van der Waals surface area contributed by atoms with Crippen LogP contribution < -0.4 is 0 Å². The van der Waals surface area contributed by atoms with Gasteiger partial charge in [-0.2, -0.15) is 0 Å². The molecule has 1 aromatic carbocycles. The van der Waals surface area contributed by atoms with E-state index in [2.05, 4.69) is 15.2 Å². The predicted octanol–water partition coefficient (Wildman–Crippen LogP) is 4.00. The fourth-order valence-electron chi connectivity index (χ4n) is 3.28. The number of carbonyl (C=O) groups excluding carboxylic acids is 1. The summed E-state index contributed by atoms with van der Waals surface area (Å²) < 4.78 is 11.1. The van der Waals surface area contributed by atoms with Gasteiger partial charge in [0.15, 0.2) is 5.78 Å². The first-order valence-corrected chi connectivity index (χ1v) is 10.2. The maximum atomic E-state index is 13.2. The van der Waals surface area contributed by atoms with Gasteiger partial charge in [0.1, 0.15) is 0 Å². The second-order valence-electron chi connectivity index (χ2n) is 6.73. The zero-order chi connectivity index (χ0) is 20.2. The first kappa shape index (κ1) is 19.5. The van der Waals surface area contributed by atoms with Gasteiger partial charge in [-0.15, -0.1) is 21.5 Å². The van der Waals surface area contributed by atoms with E-state index in [9.17, 15) is 4.79 Å². The van der Waals surface area contributed by atoms with Crippen LogP contribution in [-0.4, -0.2) is 52.2 Å². The zero-order valence-electron chi connectivity index (χ0n) is 16.3. The molecular formula is C21H22N4O3S. The summed E-state index contributed by atoms with van der Waals surface area (Å²) in [5, 5.41) is 11.2. The number of benzene rings is 1. The minimum Gasteiger partial charge on any atom is -0.419 e. The Labute approximate surface area is 172 Å². The average molecular weight is 410 g/mol. The number of aromatic nitrogens is 3. The Morgan fingerprint density at radius 2 is 2.14 bits per heavy atom. The minimum atomic E-state index is -0.374. The van der Waals surface area contributed by atoms with Gasteiger partial charge >= 0.3 is 0 Å². The van der Waals surface area contributed by atoms with Crippen LogP contribution in [0.4, 0.5) is 0 Å². The van der Waals surface area contributed by atoms with E-state index in [-0.39, 0.29) is 11.8 Å². The van der Waals surface area contributed by atoms with E-state index in [4.69, 9.17) is 9.15 Å². The highest BCUT2D eigenvalue weighted by Crippen LogP contribution is 2.24. The van der Waals surface area contributed by atoms with Crippen LogP contribution in [-0.2, 0) is 11.3 Å². The molecule has 4 rings (SSSR count). The number of nitrogens with zero attached hydrogens (tertiary/aromatic N) is 3. The highest BCUT2D eigenvalue weighted by Gasteiger charge is 2.26. The lowest BCUT2D eigenvalue weighted by Gasteiger charge is -2.26. The van der Waals surface area contributed by atoms with Crippen molar-refractivity contribution >= 4 is 28.0 Å². The number of thiophene rings is 1. The Morgan fingerprint density at radius 1 is 1.28 bits per heavy atom. The number of hydrogen-bond donors (Lipinski definition) is 1. The van der Waals surface area contributed by atoms with Crippen molar-refractivity contribution in [3.63, 3.8) is 0 Å². The van der Waals surface area contributed by atoms with E-state index < -0.39 is 0 Å². The van der Waals surface area contributed by atoms with Crippen molar-refractivity contribution in [1.29, 1.82) is 0 Å². The number of H-pyrrole nitrogens is 1. The highest BCUT2D eigenvalue weighted by atomic mass is 32.1. The molecule has 0 radical (unpaired) electrons. The predicted molar refractivity (Wildman–Crippen MR) is 112 cm³/mol.